The van der Waals surface area contributed by atoms with Crippen molar-refractivity contribution in [1.29, 1.82) is 0 Å². The van der Waals surface area contributed by atoms with Gasteiger partial charge in [0.2, 0.25) is 0 Å². The van der Waals surface area contributed by atoms with Gasteiger partial charge in [-0.1, -0.05) is 20.8 Å². The highest BCUT2D eigenvalue weighted by atomic mass is 16.5. The number of hydrogen-bond acceptors (Lipinski definition) is 4. The van der Waals surface area contributed by atoms with Crippen LogP contribution >= 0.6 is 0 Å². The van der Waals surface area contributed by atoms with Gasteiger partial charge in [-0.15, -0.1) is 0 Å². The van der Waals surface area contributed by atoms with Crippen LogP contribution in [0, 0.1) is 5.92 Å². The minimum Gasteiger partial charge on any atom is -0.462 e. The van der Waals surface area contributed by atoms with E-state index in [0.29, 0.717) is 23.8 Å². The first-order valence-corrected chi connectivity index (χ1v) is 6.35. The van der Waals surface area contributed by atoms with Gasteiger partial charge in [-0.3, -0.25) is 0 Å². The quantitative estimate of drug-likeness (QED) is 0.602. The molecular formula is C14H22N2O2. The molecule has 0 fully saturated rings. The number of anilines is 2. The molecule has 0 amide bonds. The molecular weight excluding hydrogens is 228 g/mol. The second kappa shape index (κ2) is 6.89. The van der Waals surface area contributed by atoms with E-state index >= 15 is 0 Å². The van der Waals surface area contributed by atoms with Gasteiger partial charge in [0, 0.05) is 6.54 Å². The van der Waals surface area contributed by atoms with E-state index in [2.05, 4.69) is 12.2 Å². The first-order chi connectivity index (χ1) is 8.54. The van der Waals surface area contributed by atoms with E-state index in [1.165, 1.54) is 0 Å². The van der Waals surface area contributed by atoms with Crippen molar-refractivity contribution < 1.29 is 9.53 Å². The number of ether oxygens (including phenoxy) is 1. The van der Waals surface area contributed by atoms with E-state index in [9.17, 15) is 4.79 Å². The van der Waals surface area contributed by atoms with Gasteiger partial charge in [-0.05, 0) is 30.5 Å². The highest BCUT2D eigenvalue weighted by Crippen LogP contribution is 2.20. The minimum atomic E-state index is -0.303. The Kier molecular flexibility index (Phi) is 5.49. The van der Waals surface area contributed by atoms with Gasteiger partial charge in [0.05, 0.1) is 23.5 Å². The Balaban J connectivity index is 2.74. The van der Waals surface area contributed by atoms with Gasteiger partial charge in [0.1, 0.15) is 0 Å². The molecule has 0 radical (unpaired) electrons. The topological polar surface area (TPSA) is 64.3 Å². The molecule has 0 bridgehead atoms. The third kappa shape index (κ3) is 4.28. The Morgan fingerprint density at radius 3 is 2.78 bits per heavy atom. The van der Waals surface area contributed by atoms with E-state index < -0.39 is 0 Å². The zero-order valence-corrected chi connectivity index (χ0v) is 11.3. The van der Waals surface area contributed by atoms with Crippen LogP contribution < -0.4 is 11.1 Å². The maximum Gasteiger partial charge on any atom is 0.338 e. The predicted octanol–water partition coefficient (Wildman–Crippen LogP) is 2.90. The SMILES string of the molecule is CCCNc1cc(C(=O)OCC(C)C)ccc1N. The first-order valence-electron chi connectivity index (χ1n) is 6.35. The molecule has 3 N–H and O–H groups in total. The number of rotatable bonds is 6. The number of hydrogen-bond donors (Lipinski definition) is 2. The summed E-state index contributed by atoms with van der Waals surface area (Å²) >= 11 is 0. The van der Waals surface area contributed by atoms with Crippen LogP contribution in [0.4, 0.5) is 11.4 Å². The second-order valence-corrected chi connectivity index (χ2v) is 4.72. The molecule has 0 heterocycles. The molecule has 0 saturated heterocycles. The van der Waals surface area contributed by atoms with Gasteiger partial charge in [-0.25, -0.2) is 4.79 Å². The fraction of sp³-hybridized carbons (Fsp3) is 0.500. The molecule has 4 heteroatoms. The van der Waals surface area contributed by atoms with Crippen molar-refractivity contribution >= 4 is 17.3 Å². The Labute approximate surface area is 109 Å². The minimum absolute atomic E-state index is 0.303. The summed E-state index contributed by atoms with van der Waals surface area (Å²) < 4.78 is 5.18. The molecule has 0 atom stereocenters. The molecule has 0 aliphatic rings. The summed E-state index contributed by atoms with van der Waals surface area (Å²) in [6.07, 6.45) is 1.00. The molecule has 0 saturated carbocycles. The zero-order chi connectivity index (χ0) is 13.5. The van der Waals surface area contributed by atoms with Crippen molar-refractivity contribution in [1.82, 2.24) is 0 Å². The van der Waals surface area contributed by atoms with Crippen LogP contribution in [0.15, 0.2) is 18.2 Å². The fourth-order valence-corrected chi connectivity index (χ4v) is 1.42. The smallest absolute Gasteiger partial charge is 0.338 e. The third-order valence-corrected chi connectivity index (χ3v) is 2.40. The molecule has 0 aromatic heterocycles. The summed E-state index contributed by atoms with van der Waals surface area (Å²) in [6.45, 7) is 7.34. The number of nitrogens with two attached hydrogens (primary N) is 1. The van der Waals surface area contributed by atoms with E-state index in [1.807, 2.05) is 13.8 Å². The Bertz CT molecular complexity index is 403. The van der Waals surface area contributed by atoms with Gasteiger partial charge >= 0.3 is 5.97 Å². The summed E-state index contributed by atoms with van der Waals surface area (Å²) in [7, 11) is 0. The van der Waals surface area contributed by atoms with Gasteiger partial charge in [-0.2, -0.15) is 0 Å². The lowest BCUT2D eigenvalue weighted by molar-refractivity contribution is 0.0459. The molecule has 0 spiro atoms. The molecule has 4 nitrogen and oxygen atoms in total. The molecule has 1 aromatic rings. The van der Waals surface area contributed by atoms with Crippen molar-refractivity contribution in [2.75, 3.05) is 24.2 Å². The van der Waals surface area contributed by atoms with Crippen LogP contribution in [-0.2, 0) is 4.74 Å². The first kappa shape index (κ1) is 14.4. The largest absolute Gasteiger partial charge is 0.462 e. The van der Waals surface area contributed by atoms with Gasteiger partial charge in [0.25, 0.3) is 0 Å². The van der Waals surface area contributed by atoms with Crippen molar-refractivity contribution in [2.24, 2.45) is 5.92 Å². The summed E-state index contributed by atoms with van der Waals surface area (Å²) in [5, 5.41) is 3.19. The van der Waals surface area contributed by atoms with Gasteiger partial charge < -0.3 is 15.8 Å². The summed E-state index contributed by atoms with van der Waals surface area (Å²) in [5.74, 6) is 0.0312. The van der Waals surface area contributed by atoms with Crippen LogP contribution in [-0.4, -0.2) is 19.1 Å². The summed E-state index contributed by atoms with van der Waals surface area (Å²) in [4.78, 5) is 11.8. The van der Waals surface area contributed by atoms with Crippen molar-refractivity contribution in [2.45, 2.75) is 27.2 Å². The standard InChI is InChI=1S/C14H22N2O2/c1-4-7-16-13-8-11(5-6-12(13)15)14(17)18-9-10(2)3/h5-6,8,10,16H,4,7,9,15H2,1-3H3. The van der Waals surface area contributed by atoms with Gasteiger partial charge in [0.15, 0.2) is 0 Å². The summed E-state index contributed by atoms with van der Waals surface area (Å²) in [6, 6.07) is 5.16. The number of nitrogens with one attached hydrogen (secondary N) is 1. The van der Waals surface area contributed by atoms with Crippen LogP contribution in [0.3, 0.4) is 0 Å². The lowest BCUT2D eigenvalue weighted by atomic mass is 10.1. The fourth-order valence-electron chi connectivity index (χ4n) is 1.42. The van der Waals surface area contributed by atoms with E-state index in [4.69, 9.17) is 10.5 Å². The van der Waals surface area contributed by atoms with Crippen LogP contribution in [0.5, 0.6) is 0 Å². The average Bonchev–Trinajstić information content (AvgIpc) is 2.35. The molecule has 18 heavy (non-hydrogen) atoms. The Hall–Kier alpha value is -1.71. The molecule has 100 valence electrons. The number of benzene rings is 1. The van der Waals surface area contributed by atoms with Crippen LogP contribution in [0.25, 0.3) is 0 Å². The van der Waals surface area contributed by atoms with E-state index in [0.717, 1.165) is 18.7 Å². The Morgan fingerprint density at radius 2 is 2.17 bits per heavy atom. The third-order valence-electron chi connectivity index (χ3n) is 2.40. The molecule has 1 rings (SSSR count). The Morgan fingerprint density at radius 1 is 1.44 bits per heavy atom. The number of esters is 1. The van der Waals surface area contributed by atoms with Crippen LogP contribution in [0.1, 0.15) is 37.6 Å². The maximum atomic E-state index is 11.8. The average molecular weight is 250 g/mol. The number of carbonyl (C=O) groups is 1. The lowest BCUT2D eigenvalue weighted by Gasteiger charge is -2.11. The monoisotopic (exact) mass is 250 g/mol. The maximum absolute atomic E-state index is 11.8. The molecule has 0 aliphatic carbocycles. The van der Waals surface area contributed by atoms with E-state index in [1.54, 1.807) is 18.2 Å². The van der Waals surface area contributed by atoms with Crippen LogP contribution in [0.2, 0.25) is 0 Å². The highest BCUT2D eigenvalue weighted by Gasteiger charge is 2.10. The molecule has 0 aliphatic heterocycles. The van der Waals surface area contributed by atoms with Crippen molar-refractivity contribution in [3.05, 3.63) is 23.8 Å². The van der Waals surface area contributed by atoms with Crippen molar-refractivity contribution in [3.8, 4) is 0 Å². The number of nitrogen functional groups attached to an aromatic ring is 1. The highest BCUT2D eigenvalue weighted by molar-refractivity contribution is 5.92. The summed E-state index contributed by atoms with van der Waals surface area (Å²) in [5.41, 5.74) is 7.80. The number of carbonyl (C=O) groups excluding carboxylic acids is 1. The molecule has 1 aromatic carbocycles. The second-order valence-electron chi connectivity index (χ2n) is 4.72. The lowest BCUT2D eigenvalue weighted by Crippen LogP contribution is -2.11. The van der Waals surface area contributed by atoms with Crippen molar-refractivity contribution in [3.63, 3.8) is 0 Å². The zero-order valence-electron chi connectivity index (χ0n) is 11.3. The van der Waals surface area contributed by atoms with E-state index in [-0.39, 0.29) is 5.97 Å². The molecule has 0 unspecified atom stereocenters. The predicted molar refractivity (Wildman–Crippen MR) is 74.8 cm³/mol. The normalized spacial score (nSPS) is 10.4.